The molecule has 0 bridgehead atoms. The molecule has 1 aromatic carbocycles. The van der Waals surface area contributed by atoms with Gasteiger partial charge in [-0.15, -0.1) is 11.8 Å². The van der Waals surface area contributed by atoms with E-state index < -0.39 is 0 Å². The average Bonchev–Trinajstić information content (AvgIpc) is 2.62. The van der Waals surface area contributed by atoms with Crippen molar-refractivity contribution in [1.82, 2.24) is 10.3 Å². The van der Waals surface area contributed by atoms with Gasteiger partial charge >= 0.3 is 0 Å². The van der Waals surface area contributed by atoms with E-state index in [1.807, 2.05) is 18.2 Å². The van der Waals surface area contributed by atoms with Gasteiger partial charge in [0.25, 0.3) is 5.91 Å². The van der Waals surface area contributed by atoms with Gasteiger partial charge < -0.3 is 5.32 Å². The number of nitrogens with zero attached hydrogens (tertiary/aromatic N) is 1. The Bertz CT molecular complexity index is 718. The third kappa shape index (κ3) is 4.85. The van der Waals surface area contributed by atoms with Crippen molar-refractivity contribution in [2.45, 2.75) is 62.6 Å². The summed E-state index contributed by atoms with van der Waals surface area (Å²) in [5, 5.41) is 3.15. The number of rotatable bonds is 5. The van der Waals surface area contributed by atoms with Gasteiger partial charge in [-0.2, -0.15) is 0 Å². The fourth-order valence-corrected chi connectivity index (χ4v) is 4.41. The van der Waals surface area contributed by atoms with Crippen LogP contribution in [0.2, 0.25) is 0 Å². The topological polar surface area (TPSA) is 42.0 Å². The smallest absolute Gasteiger partial charge is 0.270 e. The van der Waals surface area contributed by atoms with Crippen molar-refractivity contribution >= 4 is 17.7 Å². The van der Waals surface area contributed by atoms with E-state index in [-0.39, 0.29) is 5.91 Å². The number of carbonyl (C=O) groups is 1. The Kier molecular flexibility index (Phi) is 6.14. The minimum atomic E-state index is -0.0363. The third-order valence-electron chi connectivity index (χ3n) is 4.75. The highest BCUT2D eigenvalue weighted by Crippen LogP contribution is 2.28. The summed E-state index contributed by atoms with van der Waals surface area (Å²) in [7, 11) is 0. The fraction of sp³-hybridized carbons (Fsp3) is 0.429. The summed E-state index contributed by atoms with van der Waals surface area (Å²) in [5.41, 5.74) is 4.06. The van der Waals surface area contributed by atoms with Gasteiger partial charge in [-0.25, -0.2) is 4.98 Å². The summed E-state index contributed by atoms with van der Waals surface area (Å²) in [4.78, 5) is 18.4. The summed E-state index contributed by atoms with van der Waals surface area (Å²) in [6, 6.07) is 12.4. The molecule has 0 radical (unpaired) electrons. The lowest BCUT2D eigenvalue weighted by Crippen LogP contribution is -2.36. The van der Waals surface area contributed by atoms with Crippen molar-refractivity contribution in [3.63, 3.8) is 0 Å². The first-order valence-corrected chi connectivity index (χ1v) is 10.1. The van der Waals surface area contributed by atoms with Crippen LogP contribution in [0.5, 0.6) is 0 Å². The number of nitrogens with one attached hydrogen (secondary N) is 1. The third-order valence-corrected chi connectivity index (χ3v) is 6.13. The van der Waals surface area contributed by atoms with Crippen LogP contribution in [0.15, 0.2) is 41.3 Å². The second-order valence-electron chi connectivity index (χ2n) is 6.83. The monoisotopic (exact) mass is 354 g/mol. The van der Waals surface area contributed by atoms with Gasteiger partial charge in [0.1, 0.15) is 5.69 Å². The van der Waals surface area contributed by atoms with Crippen molar-refractivity contribution in [2.24, 2.45) is 0 Å². The van der Waals surface area contributed by atoms with Gasteiger partial charge in [0.05, 0.1) is 5.69 Å². The van der Waals surface area contributed by atoms with Gasteiger partial charge in [-0.05, 0) is 49.9 Å². The molecule has 1 aliphatic carbocycles. The van der Waals surface area contributed by atoms with E-state index in [1.54, 1.807) is 11.8 Å². The van der Waals surface area contributed by atoms with E-state index in [1.165, 1.54) is 35.3 Å². The maximum atomic E-state index is 12.5. The van der Waals surface area contributed by atoms with Gasteiger partial charge in [0.2, 0.25) is 0 Å². The zero-order valence-corrected chi connectivity index (χ0v) is 15.9. The quantitative estimate of drug-likeness (QED) is 0.764. The van der Waals surface area contributed by atoms with Crippen molar-refractivity contribution in [1.29, 1.82) is 0 Å². The Morgan fingerprint density at radius 2 is 1.76 bits per heavy atom. The van der Waals surface area contributed by atoms with Crippen LogP contribution in [-0.4, -0.2) is 16.9 Å². The van der Waals surface area contributed by atoms with Gasteiger partial charge in [-0.1, -0.05) is 43.5 Å². The molecule has 3 rings (SSSR count). The molecule has 132 valence electrons. The van der Waals surface area contributed by atoms with Crippen LogP contribution in [0.4, 0.5) is 0 Å². The molecule has 0 saturated heterocycles. The Labute approximate surface area is 154 Å². The van der Waals surface area contributed by atoms with Gasteiger partial charge in [0, 0.05) is 16.7 Å². The Morgan fingerprint density at radius 1 is 1.08 bits per heavy atom. The maximum absolute atomic E-state index is 12.5. The van der Waals surface area contributed by atoms with Crippen molar-refractivity contribution in [2.75, 3.05) is 0 Å². The molecule has 1 N–H and O–H groups in total. The average molecular weight is 355 g/mol. The highest BCUT2D eigenvalue weighted by Gasteiger charge is 2.17. The number of aromatic nitrogens is 1. The molecule has 0 aliphatic heterocycles. The first-order valence-electron chi connectivity index (χ1n) is 9.09. The summed E-state index contributed by atoms with van der Waals surface area (Å²) >= 11 is 1.79. The molecule has 0 atom stereocenters. The molecular formula is C21H26N2OS. The van der Waals surface area contributed by atoms with E-state index in [2.05, 4.69) is 42.3 Å². The molecule has 1 aromatic heterocycles. The van der Waals surface area contributed by atoms with Crippen LogP contribution in [0.3, 0.4) is 0 Å². The zero-order chi connectivity index (χ0) is 17.6. The summed E-state index contributed by atoms with van der Waals surface area (Å²) in [6.07, 6.45) is 5.90. The standard InChI is InChI=1S/C21H26N2OS/c1-15-8-6-9-16(2)20(15)25-14-18-12-7-13-19(22-18)21(24)23-17-10-4-3-5-11-17/h6-9,12-13,17H,3-5,10-11,14H2,1-2H3,(H,23,24). The number of benzene rings is 1. The summed E-state index contributed by atoms with van der Waals surface area (Å²) in [5.74, 6) is 0.738. The first kappa shape index (κ1) is 18.0. The minimum absolute atomic E-state index is 0.0363. The van der Waals surface area contributed by atoms with Crippen LogP contribution < -0.4 is 5.32 Å². The van der Waals surface area contributed by atoms with Gasteiger partial charge in [0.15, 0.2) is 0 Å². The highest BCUT2D eigenvalue weighted by molar-refractivity contribution is 7.98. The van der Waals surface area contributed by atoms with E-state index in [9.17, 15) is 4.79 Å². The number of hydrogen-bond donors (Lipinski definition) is 1. The molecule has 1 aliphatic rings. The maximum Gasteiger partial charge on any atom is 0.270 e. The molecule has 1 saturated carbocycles. The predicted molar refractivity (Wildman–Crippen MR) is 104 cm³/mol. The molecule has 0 spiro atoms. The number of hydrogen-bond acceptors (Lipinski definition) is 3. The molecular weight excluding hydrogens is 328 g/mol. The molecule has 2 aromatic rings. The molecule has 4 heteroatoms. The van der Waals surface area contributed by atoms with Crippen LogP contribution in [0.25, 0.3) is 0 Å². The van der Waals surface area contributed by atoms with Crippen LogP contribution in [-0.2, 0) is 5.75 Å². The summed E-state index contributed by atoms with van der Waals surface area (Å²) < 4.78 is 0. The second-order valence-corrected chi connectivity index (χ2v) is 7.82. The Morgan fingerprint density at radius 3 is 2.48 bits per heavy atom. The molecule has 1 fully saturated rings. The number of carbonyl (C=O) groups excluding carboxylic acids is 1. The van der Waals surface area contributed by atoms with Crippen LogP contribution in [0, 0.1) is 13.8 Å². The molecule has 1 amide bonds. The minimum Gasteiger partial charge on any atom is -0.348 e. The summed E-state index contributed by atoms with van der Waals surface area (Å²) in [6.45, 7) is 4.27. The van der Waals surface area contributed by atoms with E-state index in [0.717, 1.165) is 24.3 Å². The normalized spacial score (nSPS) is 15.1. The van der Waals surface area contributed by atoms with E-state index in [0.29, 0.717) is 11.7 Å². The number of thioether (sulfide) groups is 1. The largest absolute Gasteiger partial charge is 0.348 e. The van der Waals surface area contributed by atoms with Crippen LogP contribution in [0.1, 0.15) is 59.4 Å². The molecule has 3 nitrogen and oxygen atoms in total. The number of pyridine rings is 1. The second kappa shape index (κ2) is 8.52. The Balaban J connectivity index is 1.63. The number of amides is 1. The predicted octanol–water partition coefficient (Wildman–Crippen LogP) is 5.05. The SMILES string of the molecule is Cc1cccc(C)c1SCc1cccc(C(=O)NC2CCCCC2)n1. The Hall–Kier alpha value is -1.81. The lowest BCUT2D eigenvalue weighted by atomic mass is 9.95. The lowest BCUT2D eigenvalue weighted by molar-refractivity contribution is 0.0922. The van der Waals surface area contributed by atoms with Crippen LogP contribution >= 0.6 is 11.8 Å². The lowest BCUT2D eigenvalue weighted by Gasteiger charge is -2.22. The fourth-order valence-electron chi connectivity index (χ4n) is 3.37. The van der Waals surface area contributed by atoms with Gasteiger partial charge in [-0.3, -0.25) is 4.79 Å². The zero-order valence-electron chi connectivity index (χ0n) is 15.0. The molecule has 0 unspecified atom stereocenters. The highest BCUT2D eigenvalue weighted by atomic mass is 32.2. The first-order chi connectivity index (χ1) is 12.1. The molecule has 25 heavy (non-hydrogen) atoms. The van der Waals surface area contributed by atoms with E-state index in [4.69, 9.17) is 0 Å². The van der Waals surface area contributed by atoms with E-state index >= 15 is 0 Å². The van der Waals surface area contributed by atoms with Crippen molar-refractivity contribution in [3.05, 3.63) is 58.9 Å². The number of aryl methyl sites for hydroxylation is 2. The molecule has 1 heterocycles. The van der Waals surface area contributed by atoms with Crippen molar-refractivity contribution < 1.29 is 4.79 Å². The van der Waals surface area contributed by atoms with Crippen molar-refractivity contribution in [3.8, 4) is 0 Å².